The molecule has 1 unspecified atom stereocenters. The number of rotatable bonds is 9. The lowest BCUT2D eigenvalue weighted by Gasteiger charge is -2.16. The minimum absolute atomic E-state index is 0.871. The van der Waals surface area contributed by atoms with Gasteiger partial charge in [-0.15, -0.1) is 0 Å². The molecule has 0 fully saturated rings. The van der Waals surface area contributed by atoms with E-state index < -0.39 is 0 Å². The molecule has 0 saturated heterocycles. The Morgan fingerprint density at radius 2 is 1.86 bits per heavy atom. The third-order valence-electron chi connectivity index (χ3n) is 2.79. The Balaban J connectivity index is 3.13. The van der Waals surface area contributed by atoms with Crippen molar-refractivity contribution in [2.75, 3.05) is 33.2 Å². The Morgan fingerprint density at radius 3 is 2.43 bits per heavy atom. The molecule has 0 aromatic carbocycles. The summed E-state index contributed by atoms with van der Waals surface area (Å²) in [6.07, 6.45) is 3.87. The highest BCUT2D eigenvalue weighted by atomic mass is 15.1. The molecule has 0 aliphatic heterocycles. The van der Waals surface area contributed by atoms with E-state index in [1.54, 1.807) is 0 Å². The number of nitrogens with zero attached hydrogens (tertiary/aromatic N) is 1. The SMILES string of the molecule is CCCN(C)CCNCCC(C)CC. The fraction of sp³-hybridized carbons (Fsp3) is 1.00. The van der Waals surface area contributed by atoms with E-state index in [1.807, 2.05) is 0 Å². The van der Waals surface area contributed by atoms with E-state index >= 15 is 0 Å². The fourth-order valence-corrected chi connectivity index (χ4v) is 1.44. The second-order valence-corrected chi connectivity index (χ2v) is 4.36. The van der Waals surface area contributed by atoms with Crippen molar-refractivity contribution in [2.24, 2.45) is 5.92 Å². The van der Waals surface area contributed by atoms with Gasteiger partial charge < -0.3 is 10.2 Å². The molecule has 1 N–H and O–H groups in total. The molecule has 0 amide bonds. The normalized spacial score (nSPS) is 13.5. The zero-order valence-corrected chi connectivity index (χ0v) is 10.5. The molecule has 2 nitrogen and oxygen atoms in total. The second-order valence-electron chi connectivity index (χ2n) is 4.36. The molecule has 0 saturated carbocycles. The van der Waals surface area contributed by atoms with Gasteiger partial charge in [0, 0.05) is 13.1 Å². The second kappa shape index (κ2) is 9.47. The van der Waals surface area contributed by atoms with Gasteiger partial charge in [0.15, 0.2) is 0 Å². The third kappa shape index (κ3) is 8.52. The molecule has 0 aliphatic rings. The minimum Gasteiger partial charge on any atom is -0.315 e. The van der Waals surface area contributed by atoms with Gasteiger partial charge in [-0.25, -0.2) is 0 Å². The summed E-state index contributed by atoms with van der Waals surface area (Å²) in [4.78, 5) is 2.39. The lowest BCUT2D eigenvalue weighted by Crippen LogP contribution is -2.30. The monoisotopic (exact) mass is 200 g/mol. The van der Waals surface area contributed by atoms with Gasteiger partial charge in [0.25, 0.3) is 0 Å². The third-order valence-corrected chi connectivity index (χ3v) is 2.79. The maximum atomic E-state index is 3.50. The van der Waals surface area contributed by atoms with Crippen molar-refractivity contribution in [3.05, 3.63) is 0 Å². The fourth-order valence-electron chi connectivity index (χ4n) is 1.44. The van der Waals surface area contributed by atoms with Crippen LogP contribution in [0.1, 0.15) is 40.0 Å². The van der Waals surface area contributed by atoms with Crippen molar-refractivity contribution in [3.63, 3.8) is 0 Å². The largest absolute Gasteiger partial charge is 0.315 e. The predicted octanol–water partition coefficient (Wildman–Crippen LogP) is 2.35. The summed E-state index contributed by atoms with van der Waals surface area (Å²) in [5.74, 6) is 0.871. The molecular weight excluding hydrogens is 172 g/mol. The Hall–Kier alpha value is -0.0800. The van der Waals surface area contributed by atoms with Crippen LogP contribution in [0, 0.1) is 5.92 Å². The van der Waals surface area contributed by atoms with Crippen LogP contribution in [0.15, 0.2) is 0 Å². The molecule has 2 heteroatoms. The van der Waals surface area contributed by atoms with Crippen molar-refractivity contribution >= 4 is 0 Å². The number of nitrogens with one attached hydrogen (secondary N) is 1. The zero-order valence-electron chi connectivity index (χ0n) is 10.5. The van der Waals surface area contributed by atoms with Crippen molar-refractivity contribution in [1.82, 2.24) is 10.2 Å². The van der Waals surface area contributed by atoms with Crippen LogP contribution < -0.4 is 5.32 Å². The lowest BCUT2D eigenvalue weighted by atomic mass is 10.1. The highest BCUT2D eigenvalue weighted by Crippen LogP contribution is 2.03. The minimum atomic E-state index is 0.871. The van der Waals surface area contributed by atoms with Crippen LogP contribution in [0.25, 0.3) is 0 Å². The van der Waals surface area contributed by atoms with Crippen LogP contribution in [-0.2, 0) is 0 Å². The zero-order chi connectivity index (χ0) is 10.8. The molecule has 0 aromatic rings. The van der Waals surface area contributed by atoms with Crippen LogP contribution in [0.3, 0.4) is 0 Å². The topological polar surface area (TPSA) is 15.3 Å². The standard InChI is InChI=1S/C12H28N2/c1-5-10-14(4)11-9-13-8-7-12(3)6-2/h12-13H,5-11H2,1-4H3. The van der Waals surface area contributed by atoms with Crippen LogP contribution in [-0.4, -0.2) is 38.1 Å². The number of likely N-dealkylation sites (N-methyl/N-ethyl adjacent to an activating group) is 1. The molecule has 0 radical (unpaired) electrons. The van der Waals surface area contributed by atoms with Gasteiger partial charge in [0.2, 0.25) is 0 Å². The summed E-state index contributed by atoms with van der Waals surface area (Å²) in [7, 11) is 2.19. The average molecular weight is 200 g/mol. The van der Waals surface area contributed by atoms with Crippen LogP contribution in [0.4, 0.5) is 0 Å². The van der Waals surface area contributed by atoms with Crippen molar-refractivity contribution in [2.45, 2.75) is 40.0 Å². The van der Waals surface area contributed by atoms with Gasteiger partial charge in [-0.3, -0.25) is 0 Å². The van der Waals surface area contributed by atoms with Crippen LogP contribution >= 0.6 is 0 Å². The Bertz CT molecular complexity index is 115. The van der Waals surface area contributed by atoms with Crippen LogP contribution in [0.2, 0.25) is 0 Å². The maximum absolute atomic E-state index is 3.50. The van der Waals surface area contributed by atoms with E-state index in [0.717, 1.165) is 12.5 Å². The molecule has 0 bridgehead atoms. The van der Waals surface area contributed by atoms with Gasteiger partial charge in [0.05, 0.1) is 0 Å². The summed E-state index contributed by atoms with van der Waals surface area (Å²) in [5.41, 5.74) is 0. The summed E-state index contributed by atoms with van der Waals surface area (Å²) < 4.78 is 0. The van der Waals surface area contributed by atoms with Crippen molar-refractivity contribution in [1.29, 1.82) is 0 Å². The predicted molar refractivity (Wildman–Crippen MR) is 64.7 cm³/mol. The van der Waals surface area contributed by atoms with E-state index in [1.165, 1.54) is 38.9 Å². The van der Waals surface area contributed by atoms with Gasteiger partial charge in [-0.1, -0.05) is 27.2 Å². The summed E-state index contributed by atoms with van der Waals surface area (Å²) in [6.45, 7) is 11.5. The first-order valence-electron chi connectivity index (χ1n) is 6.09. The maximum Gasteiger partial charge on any atom is 0.0104 e. The number of hydrogen-bond donors (Lipinski definition) is 1. The first-order valence-corrected chi connectivity index (χ1v) is 6.09. The van der Waals surface area contributed by atoms with Gasteiger partial charge in [-0.2, -0.15) is 0 Å². The van der Waals surface area contributed by atoms with Crippen LogP contribution in [0.5, 0.6) is 0 Å². The molecular formula is C12H28N2. The van der Waals surface area contributed by atoms with Gasteiger partial charge >= 0.3 is 0 Å². The van der Waals surface area contributed by atoms with E-state index in [0.29, 0.717) is 0 Å². The molecule has 1 atom stereocenters. The van der Waals surface area contributed by atoms with Gasteiger partial charge in [0.1, 0.15) is 0 Å². The van der Waals surface area contributed by atoms with E-state index in [4.69, 9.17) is 0 Å². The van der Waals surface area contributed by atoms with Crippen molar-refractivity contribution in [3.8, 4) is 0 Å². The molecule has 14 heavy (non-hydrogen) atoms. The highest BCUT2D eigenvalue weighted by Gasteiger charge is 1.98. The average Bonchev–Trinajstić information content (AvgIpc) is 2.17. The molecule has 0 aromatic heterocycles. The molecule has 0 rings (SSSR count). The first-order chi connectivity index (χ1) is 6.70. The molecule has 86 valence electrons. The molecule has 0 aliphatic carbocycles. The van der Waals surface area contributed by atoms with E-state index in [-0.39, 0.29) is 0 Å². The Labute approximate surface area is 90.1 Å². The Kier molecular flexibility index (Phi) is 9.42. The molecule has 0 spiro atoms. The van der Waals surface area contributed by atoms with E-state index in [9.17, 15) is 0 Å². The number of hydrogen-bond acceptors (Lipinski definition) is 2. The summed E-state index contributed by atoms with van der Waals surface area (Å²) >= 11 is 0. The Morgan fingerprint density at radius 1 is 1.14 bits per heavy atom. The summed E-state index contributed by atoms with van der Waals surface area (Å²) in [6, 6.07) is 0. The quantitative estimate of drug-likeness (QED) is 0.575. The highest BCUT2D eigenvalue weighted by molar-refractivity contribution is 4.56. The lowest BCUT2D eigenvalue weighted by molar-refractivity contribution is 0.330. The summed E-state index contributed by atoms with van der Waals surface area (Å²) in [5, 5.41) is 3.50. The first kappa shape index (κ1) is 13.9. The van der Waals surface area contributed by atoms with Crippen molar-refractivity contribution < 1.29 is 0 Å². The molecule has 0 heterocycles. The van der Waals surface area contributed by atoms with E-state index in [2.05, 4.69) is 38.0 Å². The van der Waals surface area contributed by atoms with Gasteiger partial charge in [-0.05, 0) is 38.9 Å². The smallest absolute Gasteiger partial charge is 0.0104 e.